The van der Waals surface area contributed by atoms with Gasteiger partial charge < -0.3 is 9.64 Å². The van der Waals surface area contributed by atoms with E-state index < -0.39 is 0 Å². The van der Waals surface area contributed by atoms with E-state index in [-0.39, 0.29) is 0 Å². The van der Waals surface area contributed by atoms with E-state index in [2.05, 4.69) is 37.2 Å². The Morgan fingerprint density at radius 3 is 2.52 bits per heavy atom. The number of hydrogen-bond donors (Lipinski definition) is 0. The fraction of sp³-hybridized carbons (Fsp3) is 0.350. The molecule has 0 aliphatic carbocycles. The number of hydrogen-bond acceptors (Lipinski definition) is 6. The van der Waals surface area contributed by atoms with Gasteiger partial charge in [0.25, 0.3) is 0 Å². The SMILES string of the molecule is COc1ccccc1N1CCN(CCn2cc(-c3ccccn3)nn2)CC1. The Kier molecular flexibility index (Phi) is 5.29. The zero-order valence-electron chi connectivity index (χ0n) is 15.5. The van der Waals surface area contributed by atoms with Crippen LogP contribution in [0.5, 0.6) is 5.75 Å². The molecule has 7 heteroatoms. The fourth-order valence-electron chi connectivity index (χ4n) is 3.39. The lowest BCUT2D eigenvalue weighted by molar-refractivity contribution is 0.243. The second-order valence-corrected chi connectivity index (χ2v) is 6.58. The van der Waals surface area contributed by atoms with Gasteiger partial charge in [0, 0.05) is 38.9 Å². The average molecular weight is 364 g/mol. The number of para-hydroxylation sites is 2. The van der Waals surface area contributed by atoms with Crippen LogP contribution in [0.25, 0.3) is 11.4 Å². The van der Waals surface area contributed by atoms with Crippen molar-refractivity contribution < 1.29 is 4.74 Å². The molecule has 3 aromatic rings. The Morgan fingerprint density at radius 2 is 1.74 bits per heavy atom. The Bertz CT molecular complexity index is 858. The van der Waals surface area contributed by atoms with E-state index in [4.69, 9.17) is 4.74 Å². The smallest absolute Gasteiger partial charge is 0.142 e. The van der Waals surface area contributed by atoms with Crippen molar-refractivity contribution >= 4 is 5.69 Å². The average Bonchev–Trinajstić information content (AvgIpc) is 3.22. The van der Waals surface area contributed by atoms with Crippen LogP contribution < -0.4 is 9.64 Å². The number of aromatic nitrogens is 4. The van der Waals surface area contributed by atoms with Crippen LogP contribution in [-0.4, -0.2) is 64.7 Å². The summed E-state index contributed by atoms with van der Waals surface area (Å²) < 4.78 is 7.39. The van der Waals surface area contributed by atoms with Crippen LogP contribution in [0.1, 0.15) is 0 Å². The summed E-state index contributed by atoms with van der Waals surface area (Å²) in [6, 6.07) is 14.0. The molecule has 1 aliphatic rings. The standard InChI is InChI=1S/C20H24N6O/c1-27-20-8-3-2-7-19(20)25-13-10-24(11-14-25)12-15-26-16-18(22-23-26)17-6-4-5-9-21-17/h2-9,16H,10-15H2,1H3. The third-order valence-corrected chi connectivity index (χ3v) is 4.91. The predicted molar refractivity (Wildman–Crippen MR) is 105 cm³/mol. The van der Waals surface area contributed by atoms with E-state index in [1.807, 2.05) is 41.2 Å². The van der Waals surface area contributed by atoms with E-state index in [9.17, 15) is 0 Å². The summed E-state index contributed by atoms with van der Waals surface area (Å²) in [7, 11) is 1.73. The van der Waals surface area contributed by atoms with E-state index >= 15 is 0 Å². The molecular weight excluding hydrogens is 340 g/mol. The molecule has 2 aromatic heterocycles. The second-order valence-electron chi connectivity index (χ2n) is 6.58. The minimum Gasteiger partial charge on any atom is -0.495 e. The van der Waals surface area contributed by atoms with Crippen molar-refractivity contribution in [1.82, 2.24) is 24.9 Å². The maximum absolute atomic E-state index is 5.49. The van der Waals surface area contributed by atoms with E-state index in [1.54, 1.807) is 13.3 Å². The number of rotatable bonds is 6. The summed E-state index contributed by atoms with van der Waals surface area (Å²) in [5, 5.41) is 8.47. The number of nitrogens with zero attached hydrogens (tertiary/aromatic N) is 6. The Labute approximate surface area is 159 Å². The summed E-state index contributed by atoms with van der Waals surface area (Å²) in [4.78, 5) is 9.18. The van der Waals surface area contributed by atoms with Crippen LogP contribution in [0.3, 0.4) is 0 Å². The zero-order valence-corrected chi connectivity index (χ0v) is 15.5. The van der Waals surface area contributed by atoms with Gasteiger partial charge in [0.1, 0.15) is 11.4 Å². The first kappa shape index (κ1) is 17.5. The molecule has 1 aromatic carbocycles. The van der Waals surface area contributed by atoms with Crippen LogP contribution in [0.15, 0.2) is 54.9 Å². The van der Waals surface area contributed by atoms with Crippen LogP contribution in [-0.2, 0) is 6.54 Å². The van der Waals surface area contributed by atoms with E-state index in [0.717, 1.165) is 56.4 Å². The number of piperazine rings is 1. The first-order valence-corrected chi connectivity index (χ1v) is 9.25. The molecule has 0 amide bonds. The molecule has 0 atom stereocenters. The molecule has 0 radical (unpaired) electrons. The monoisotopic (exact) mass is 364 g/mol. The minimum absolute atomic E-state index is 0.816. The summed E-state index contributed by atoms with van der Waals surface area (Å²) in [5.41, 5.74) is 2.85. The van der Waals surface area contributed by atoms with Gasteiger partial charge in [0.05, 0.1) is 31.2 Å². The highest BCUT2D eigenvalue weighted by molar-refractivity contribution is 5.58. The summed E-state index contributed by atoms with van der Waals surface area (Å²) in [6.45, 7) is 5.84. The molecule has 3 heterocycles. The topological polar surface area (TPSA) is 59.3 Å². The van der Waals surface area contributed by atoms with Crippen LogP contribution >= 0.6 is 0 Å². The molecule has 4 rings (SSSR count). The van der Waals surface area contributed by atoms with Gasteiger partial charge in [-0.05, 0) is 24.3 Å². The first-order chi connectivity index (χ1) is 13.3. The summed E-state index contributed by atoms with van der Waals surface area (Å²) in [6.07, 6.45) is 3.74. The summed E-state index contributed by atoms with van der Waals surface area (Å²) in [5.74, 6) is 0.940. The lowest BCUT2D eigenvalue weighted by atomic mass is 10.2. The molecule has 0 unspecified atom stereocenters. The Balaban J connectivity index is 1.29. The Morgan fingerprint density at radius 1 is 0.926 bits per heavy atom. The maximum Gasteiger partial charge on any atom is 0.142 e. The van der Waals surface area contributed by atoms with Crippen molar-refractivity contribution in [1.29, 1.82) is 0 Å². The van der Waals surface area contributed by atoms with Crippen molar-refractivity contribution in [3.8, 4) is 17.1 Å². The number of methoxy groups -OCH3 is 1. The van der Waals surface area contributed by atoms with Crippen molar-refractivity contribution in [2.24, 2.45) is 0 Å². The molecule has 0 saturated carbocycles. The van der Waals surface area contributed by atoms with Crippen LogP contribution in [0.2, 0.25) is 0 Å². The summed E-state index contributed by atoms with van der Waals surface area (Å²) >= 11 is 0. The van der Waals surface area contributed by atoms with Gasteiger partial charge in [-0.1, -0.05) is 23.4 Å². The largest absolute Gasteiger partial charge is 0.495 e. The molecule has 0 spiro atoms. The molecule has 0 N–H and O–H groups in total. The predicted octanol–water partition coefficient (Wildman–Crippen LogP) is 2.17. The third kappa shape index (κ3) is 4.09. The molecule has 27 heavy (non-hydrogen) atoms. The van der Waals surface area contributed by atoms with E-state index in [0.29, 0.717) is 0 Å². The maximum atomic E-state index is 5.49. The Hall–Kier alpha value is -2.93. The lowest BCUT2D eigenvalue weighted by Gasteiger charge is -2.36. The van der Waals surface area contributed by atoms with Crippen LogP contribution in [0.4, 0.5) is 5.69 Å². The zero-order chi connectivity index (χ0) is 18.5. The molecule has 7 nitrogen and oxygen atoms in total. The van der Waals surface area contributed by atoms with Gasteiger partial charge >= 0.3 is 0 Å². The lowest BCUT2D eigenvalue weighted by Crippen LogP contribution is -2.47. The highest BCUT2D eigenvalue weighted by atomic mass is 16.5. The van der Waals surface area contributed by atoms with Crippen LogP contribution in [0, 0.1) is 0 Å². The van der Waals surface area contributed by atoms with Crippen molar-refractivity contribution in [3.63, 3.8) is 0 Å². The highest BCUT2D eigenvalue weighted by Gasteiger charge is 2.19. The molecule has 140 valence electrons. The second kappa shape index (κ2) is 8.18. The van der Waals surface area contributed by atoms with Gasteiger partial charge in [-0.15, -0.1) is 5.10 Å². The highest BCUT2D eigenvalue weighted by Crippen LogP contribution is 2.28. The van der Waals surface area contributed by atoms with Gasteiger partial charge in [0.2, 0.25) is 0 Å². The fourth-order valence-corrected chi connectivity index (χ4v) is 3.39. The van der Waals surface area contributed by atoms with Crippen molar-refractivity contribution in [3.05, 3.63) is 54.9 Å². The van der Waals surface area contributed by atoms with Crippen molar-refractivity contribution in [2.45, 2.75) is 6.54 Å². The molecule has 1 saturated heterocycles. The van der Waals surface area contributed by atoms with Gasteiger partial charge in [0.15, 0.2) is 0 Å². The minimum atomic E-state index is 0.816. The molecule has 0 bridgehead atoms. The number of ether oxygens (including phenoxy) is 1. The van der Waals surface area contributed by atoms with Crippen molar-refractivity contribution in [2.75, 3.05) is 44.7 Å². The van der Waals surface area contributed by atoms with E-state index in [1.165, 1.54) is 5.69 Å². The van der Waals surface area contributed by atoms with Gasteiger partial charge in [-0.25, -0.2) is 0 Å². The van der Waals surface area contributed by atoms with Gasteiger partial charge in [-0.3, -0.25) is 14.6 Å². The number of anilines is 1. The molecular formula is C20H24N6O. The molecule has 1 aliphatic heterocycles. The number of benzene rings is 1. The van der Waals surface area contributed by atoms with Gasteiger partial charge in [-0.2, -0.15) is 0 Å². The third-order valence-electron chi connectivity index (χ3n) is 4.91. The normalized spacial score (nSPS) is 15.1. The quantitative estimate of drug-likeness (QED) is 0.668. The molecule has 1 fully saturated rings. The first-order valence-electron chi connectivity index (χ1n) is 9.25. The number of pyridine rings is 1.